The number of nitrogens with one attached hydrogen (secondary N) is 1. The van der Waals surface area contributed by atoms with Crippen LogP contribution in [0.1, 0.15) is 19.3 Å². The minimum Gasteiger partial charge on any atom is -0.497 e. The lowest BCUT2D eigenvalue weighted by atomic mass is 10.2. The van der Waals surface area contributed by atoms with Crippen molar-refractivity contribution in [2.45, 2.75) is 24.2 Å². The van der Waals surface area contributed by atoms with Gasteiger partial charge in [0.15, 0.2) is 0 Å². The maximum atomic E-state index is 13.1. The highest BCUT2D eigenvalue weighted by atomic mass is 32.2. The first-order chi connectivity index (χ1) is 12.6. The van der Waals surface area contributed by atoms with Crippen molar-refractivity contribution in [1.82, 2.24) is 14.3 Å². The number of H-pyrrole nitrogens is 1. The van der Waals surface area contributed by atoms with Crippen LogP contribution in [0.15, 0.2) is 47.4 Å². The zero-order chi connectivity index (χ0) is 18.1. The Morgan fingerprint density at radius 3 is 2.46 bits per heavy atom. The lowest BCUT2D eigenvalue weighted by Gasteiger charge is -2.25. The number of aromatic nitrogens is 2. The molecule has 1 aliphatic rings. The van der Waals surface area contributed by atoms with Gasteiger partial charge in [-0.3, -0.25) is 0 Å². The highest BCUT2D eigenvalue weighted by molar-refractivity contribution is 7.89. The first-order valence-corrected chi connectivity index (χ1v) is 10.2. The average Bonchev–Trinajstić information content (AvgIpc) is 3.13. The Kier molecular flexibility index (Phi) is 4.42. The third kappa shape index (κ3) is 2.97. The quantitative estimate of drug-likeness (QED) is 0.762. The Morgan fingerprint density at radius 2 is 1.77 bits per heavy atom. The van der Waals surface area contributed by atoms with Gasteiger partial charge in [-0.25, -0.2) is 13.4 Å². The molecule has 4 rings (SSSR count). The standard InChI is InChI=1S/C19H21N3O3S/c1-25-15-10-8-14(9-11-15)19-20-16-6-5-7-17(18(16)21-19)26(23,24)22-12-3-2-4-13-22/h5-11H,2-4,12-13H2,1H3,(H,20,21). The third-order valence-corrected chi connectivity index (χ3v) is 6.70. The van der Waals surface area contributed by atoms with E-state index in [0.29, 0.717) is 29.9 Å². The molecular formula is C19H21N3O3S. The number of ether oxygens (including phenoxy) is 1. The monoisotopic (exact) mass is 371 g/mol. The van der Waals surface area contributed by atoms with Crippen molar-refractivity contribution in [1.29, 1.82) is 0 Å². The van der Waals surface area contributed by atoms with Gasteiger partial charge in [0.25, 0.3) is 0 Å². The fourth-order valence-electron chi connectivity index (χ4n) is 3.34. The molecule has 26 heavy (non-hydrogen) atoms. The number of piperidine rings is 1. The summed E-state index contributed by atoms with van der Waals surface area (Å²) < 4.78 is 32.9. The van der Waals surface area contributed by atoms with E-state index in [1.165, 1.54) is 0 Å². The van der Waals surface area contributed by atoms with Crippen LogP contribution in [0.5, 0.6) is 5.75 Å². The van der Waals surface area contributed by atoms with Crippen LogP contribution in [-0.2, 0) is 10.0 Å². The van der Waals surface area contributed by atoms with Crippen LogP contribution in [0, 0.1) is 0 Å². The van der Waals surface area contributed by atoms with Gasteiger partial charge in [0.2, 0.25) is 10.0 Å². The van der Waals surface area contributed by atoms with Gasteiger partial charge < -0.3 is 9.72 Å². The molecule has 6 nitrogen and oxygen atoms in total. The number of rotatable bonds is 4. The normalized spacial score (nSPS) is 16.0. The molecule has 0 bridgehead atoms. The van der Waals surface area contributed by atoms with E-state index < -0.39 is 10.0 Å². The van der Waals surface area contributed by atoms with Crippen LogP contribution < -0.4 is 4.74 Å². The summed E-state index contributed by atoms with van der Waals surface area (Å²) in [4.78, 5) is 8.10. The average molecular weight is 371 g/mol. The molecular weight excluding hydrogens is 350 g/mol. The first-order valence-electron chi connectivity index (χ1n) is 8.73. The summed E-state index contributed by atoms with van der Waals surface area (Å²) in [5.74, 6) is 1.40. The molecule has 2 heterocycles. The predicted molar refractivity (Wildman–Crippen MR) is 101 cm³/mol. The molecule has 0 aliphatic carbocycles. The smallest absolute Gasteiger partial charge is 0.245 e. The fourth-order valence-corrected chi connectivity index (χ4v) is 5.01. The fraction of sp³-hybridized carbons (Fsp3) is 0.316. The number of hydrogen-bond donors (Lipinski definition) is 1. The summed E-state index contributed by atoms with van der Waals surface area (Å²) >= 11 is 0. The van der Waals surface area contributed by atoms with Gasteiger partial charge in [-0.05, 0) is 49.2 Å². The van der Waals surface area contributed by atoms with Gasteiger partial charge in [-0.15, -0.1) is 0 Å². The number of fused-ring (bicyclic) bond motifs is 1. The van der Waals surface area contributed by atoms with Gasteiger partial charge in [0.05, 0.1) is 12.6 Å². The molecule has 136 valence electrons. The predicted octanol–water partition coefficient (Wildman–Crippen LogP) is 3.41. The molecule has 1 aromatic heterocycles. The second-order valence-corrected chi connectivity index (χ2v) is 8.34. The molecule has 0 saturated carbocycles. The molecule has 0 unspecified atom stereocenters. The van der Waals surface area contributed by atoms with Crippen molar-refractivity contribution in [3.63, 3.8) is 0 Å². The van der Waals surface area contributed by atoms with Gasteiger partial charge in [0, 0.05) is 18.7 Å². The number of benzene rings is 2. The molecule has 2 aromatic carbocycles. The molecule has 1 N–H and O–H groups in total. The van der Waals surface area contributed by atoms with Crippen LogP contribution in [0.3, 0.4) is 0 Å². The van der Waals surface area contributed by atoms with Crippen molar-refractivity contribution in [2.75, 3.05) is 20.2 Å². The van der Waals surface area contributed by atoms with E-state index >= 15 is 0 Å². The Labute approximate surface area is 152 Å². The Hall–Kier alpha value is -2.38. The van der Waals surface area contributed by atoms with Crippen molar-refractivity contribution in [3.05, 3.63) is 42.5 Å². The minimum atomic E-state index is -3.54. The Bertz CT molecular complexity index is 1020. The lowest BCUT2D eigenvalue weighted by molar-refractivity contribution is 0.347. The molecule has 3 aromatic rings. The summed E-state index contributed by atoms with van der Waals surface area (Å²) in [5, 5.41) is 0. The lowest BCUT2D eigenvalue weighted by Crippen LogP contribution is -2.35. The van der Waals surface area contributed by atoms with Crippen molar-refractivity contribution < 1.29 is 13.2 Å². The molecule has 0 radical (unpaired) electrons. The summed E-state index contributed by atoms with van der Waals surface area (Å²) in [6.07, 6.45) is 2.90. The van der Waals surface area contributed by atoms with E-state index in [1.807, 2.05) is 30.3 Å². The number of para-hydroxylation sites is 1. The zero-order valence-electron chi connectivity index (χ0n) is 14.6. The summed E-state index contributed by atoms with van der Waals surface area (Å²) in [5.41, 5.74) is 2.08. The second-order valence-electron chi connectivity index (χ2n) is 6.43. The number of imidazole rings is 1. The number of hydrogen-bond acceptors (Lipinski definition) is 4. The van der Waals surface area contributed by atoms with Gasteiger partial charge in [-0.2, -0.15) is 4.31 Å². The van der Waals surface area contributed by atoms with Crippen LogP contribution in [0.2, 0.25) is 0 Å². The van der Waals surface area contributed by atoms with E-state index in [4.69, 9.17) is 4.74 Å². The van der Waals surface area contributed by atoms with E-state index in [0.717, 1.165) is 30.6 Å². The summed E-state index contributed by atoms with van der Waals surface area (Å²) in [6.45, 7) is 1.16. The van der Waals surface area contributed by atoms with Crippen molar-refractivity contribution in [2.24, 2.45) is 0 Å². The van der Waals surface area contributed by atoms with E-state index in [-0.39, 0.29) is 4.90 Å². The highest BCUT2D eigenvalue weighted by Crippen LogP contribution is 2.29. The number of sulfonamides is 1. The maximum Gasteiger partial charge on any atom is 0.245 e. The topological polar surface area (TPSA) is 75.3 Å². The molecule has 1 aliphatic heterocycles. The maximum absolute atomic E-state index is 13.1. The molecule has 0 spiro atoms. The first kappa shape index (κ1) is 17.1. The number of aromatic amines is 1. The van der Waals surface area contributed by atoms with Crippen LogP contribution in [0.25, 0.3) is 22.4 Å². The van der Waals surface area contributed by atoms with Gasteiger partial charge in [-0.1, -0.05) is 12.5 Å². The number of nitrogens with zero attached hydrogens (tertiary/aromatic N) is 2. The zero-order valence-corrected chi connectivity index (χ0v) is 15.4. The Balaban J connectivity index is 1.78. The minimum absolute atomic E-state index is 0.271. The number of methoxy groups -OCH3 is 1. The van der Waals surface area contributed by atoms with Crippen LogP contribution in [-0.4, -0.2) is 42.9 Å². The van der Waals surface area contributed by atoms with E-state index in [1.54, 1.807) is 23.5 Å². The molecule has 0 amide bonds. The van der Waals surface area contributed by atoms with Crippen LogP contribution in [0.4, 0.5) is 0 Å². The molecule has 0 atom stereocenters. The van der Waals surface area contributed by atoms with Gasteiger partial charge >= 0.3 is 0 Å². The Morgan fingerprint density at radius 1 is 1.04 bits per heavy atom. The van der Waals surface area contributed by atoms with Gasteiger partial charge in [0.1, 0.15) is 22.0 Å². The molecule has 7 heteroatoms. The van der Waals surface area contributed by atoms with Crippen LogP contribution >= 0.6 is 0 Å². The van der Waals surface area contributed by atoms with Crippen molar-refractivity contribution in [3.8, 4) is 17.1 Å². The SMILES string of the molecule is COc1ccc(-c2nc3c(S(=O)(=O)N4CCCCC4)cccc3[nH]2)cc1. The largest absolute Gasteiger partial charge is 0.497 e. The van der Waals surface area contributed by atoms with E-state index in [9.17, 15) is 8.42 Å². The highest BCUT2D eigenvalue weighted by Gasteiger charge is 2.28. The molecule has 1 saturated heterocycles. The third-order valence-electron chi connectivity index (χ3n) is 4.77. The summed E-state index contributed by atoms with van der Waals surface area (Å²) in [6, 6.07) is 12.8. The second kappa shape index (κ2) is 6.74. The van der Waals surface area contributed by atoms with Crippen molar-refractivity contribution >= 4 is 21.1 Å². The van der Waals surface area contributed by atoms with E-state index in [2.05, 4.69) is 9.97 Å². The molecule has 1 fully saturated rings. The summed E-state index contributed by atoms with van der Waals surface area (Å²) in [7, 11) is -1.92.